The van der Waals surface area contributed by atoms with E-state index in [4.69, 9.17) is 4.74 Å². The molecule has 0 saturated carbocycles. The summed E-state index contributed by atoms with van der Waals surface area (Å²) < 4.78 is 5.25. The van der Waals surface area contributed by atoms with E-state index in [2.05, 4.69) is 46.3 Å². The number of nitrogens with zero attached hydrogens (tertiary/aromatic N) is 1. The van der Waals surface area contributed by atoms with Crippen LogP contribution < -0.4 is 14.5 Å². The number of aromatic amines is 1. The van der Waals surface area contributed by atoms with Gasteiger partial charge in [-0.25, -0.2) is 0 Å². The van der Waals surface area contributed by atoms with Gasteiger partial charge in [-0.2, -0.15) is 0 Å². The van der Waals surface area contributed by atoms with E-state index < -0.39 is 0 Å². The van der Waals surface area contributed by atoms with Crippen molar-refractivity contribution in [2.24, 2.45) is 0 Å². The number of piperazine rings is 1. The third-order valence-corrected chi connectivity index (χ3v) is 6.05. The van der Waals surface area contributed by atoms with E-state index in [-0.39, 0.29) is 0 Å². The smallest absolute Gasteiger partial charge is 0.126 e. The van der Waals surface area contributed by atoms with Gasteiger partial charge in [-0.05, 0) is 36.4 Å². The van der Waals surface area contributed by atoms with Gasteiger partial charge in [-0.1, -0.05) is 18.2 Å². The number of aromatic hydroxyl groups is 1. The highest BCUT2D eigenvalue weighted by Gasteiger charge is 2.22. The molecule has 1 aliphatic rings. The van der Waals surface area contributed by atoms with Gasteiger partial charge >= 0.3 is 0 Å². The van der Waals surface area contributed by atoms with Crippen molar-refractivity contribution in [1.29, 1.82) is 0 Å². The lowest BCUT2D eigenvalue weighted by atomic mass is 10.1. The van der Waals surface area contributed by atoms with Crippen LogP contribution >= 0.6 is 0 Å². The Kier molecular flexibility index (Phi) is 4.52. The van der Waals surface area contributed by atoms with Gasteiger partial charge in [0.2, 0.25) is 0 Å². The fourth-order valence-electron chi connectivity index (χ4n) is 4.39. The molecule has 0 bridgehead atoms. The molecule has 3 aromatic carbocycles. The standard InChI is InChI=1S/C24H25N3O2/c1-29-19-8-6-18(7-9-19)27-12-10-26(11-13-27)16-17-14-21-20-4-2-3-5-22(20)25-23(21)15-24(17)28/h2-9,14-15,25,28H,10-13,16H2,1H3/p+1. The predicted octanol–water partition coefficient (Wildman–Crippen LogP) is 2.94. The quantitative estimate of drug-likeness (QED) is 0.504. The van der Waals surface area contributed by atoms with Gasteiger partial charge in [-0.15, -0.1) is 0 Å². The first kappa shape index (κ1) is 17.9. The number of phenols is 1. The molecule has 1 fully saturated rings. The summed E-state index contributed by atoms with van der Waals surface area (Å²) in [7, 11) is 1.69. The molecule has 0 atom stereocenters. The van der Waals surface area contributed by atoms with E-state index in [0.29, 0.717) is 5.75 Å². The molecule has 1 aromatic heterocycles. The fourth-order valence-corrected chi connectivity index (χ4v) is 4.39. The van der Waals surface area contributed by atoms with Crippen molar-refractivity contribution in [2.45, 2.75) is 6.54 Å². The first-order chi connectivity index (χ1) is 14.2. The zero-order chi connectivity index (χ0) is 19.8. The summed E-state index contributed by atoms with van der Waals surface area (Å²) in [6.45, 7) is 4.97. The summed E-state index contributed by atoms with van der Waals surface area (Å²) in [6, 6.07) is 20.6. The molecule has 3 N–H and O–H groups in total. The van der Waals surface area contributed by atoms with Crippen molar-refractivity contribution < 1.29 is 14.7 Å². The van der Waals surface area contributed by atoms with Crippen LogP contribution in [0.2, 0.25) is 0 Å². The Hall–Kier alpha value is -3.18. The van der Waals surface area contributed by atoms with Crippen LogP contribution in [0.5, 0.6) is 11.5 Å². The van der Waals surface area contributed by atoms with Crippen molar-refractivity contribution >= 4 is 27.5 Å². The second-order valence-corrected chi connectivity index (χ2v) is 7.81. The molecule has 4 aromatic rings. The highest BCUT2D eigenvalue weighted by Crippen LogP contribution is 2.30. The average molecular weight is 388 g/mol. The minimum absolute atomic E-state index is 0.383. The Morgan fingerprint density at radius 2 is 1.72 bits per heavy atom. The normalized spacial score (nSPS) is 15.3. The maximum Gasteiger partial charge on any atom is 0.126 e. The molecule has 0 aliphatic carbocycles. The van der Waals surface area contributed by atoms with Gasteiger partial charge in [0, 0.05) is 33.6 Å². The van der Waals surface area contributed by atoms with Gasteiger partial charge in [0.15, 0.2) is 0 Å². The van der Waals surface area contributed by atoms with E-state index in [1.165, 1.54) is 21.4 Å². The number of anilines is 1. The topological polar surface area (TPSA) is 52.9 Å². The van der Waals surface area contributed by atoms with E-state index in [1.54, 1.807) is 7.11 Å². The molecule has 0 amide bonds. The molecular weight excluding hydrogens is 362 g/mol. The number of nitrogens with one attached hydrogen (secondary N) is 2. The lowest BCUT2D eigenvalue weighted by molar-refractivity contribution is -0.914. The van der Waals surface area contributed by atoms with E-state index in [0.717, 1.165) is 55.1 Å². The van der Waals surface area contributed by atoms with Crippen LogP contribution in [0, 0.1) is 0 Å². The molecule has 0 unspecified atom stereocenters. The summed E-state index contributed by atoms with van der Waals surface area (Å²) in [6.07, 6.45) is 0. The summed E-state index contributed by atoms with van der Waals surface area (Å²) >= 11 is 0. The van der Waals surface area contributed by atoms with Gasteiger partial charge in [0.05, 0.1) is 38.8 Å². The molecule has 5 rings (SSSR count). The van der Waals surface area contributed by atoms with E-state index in [9.17, 15) is 5.11 Å². The summed E-state index contributed by atoms with van der Waals surface area (Å²) in [5.41, 5.74) is 4.37. The molecule has 1 saturated heterocycles. The van der Waals surface area contributed by atoms with E-state index in [1.807, 2.05) is 24.3 Å². The number of para-hydroxylation sites is 1. The second-order valence-electron chi connectivity index (χ2n) is 7.81. The van der Waals surface area contributed by atoms with Crippen LogP contribution in [0.4, 0.5) is 5.69 Å². The van der Waals surface area contributed by atoms with Crippen molar-refractivity contribution in [3.8, 4) is 11.5 Å². The minimum Gasteiger partial charge on any atom is -0.507 e. The number of hydrogen-bond donors (Lipinski definition) is 3. The number of aromatic nitrogens is 1. The number of methoxy groups -OCH3 is 1. The Morgan fingerprint density at radius 1 is 0.966 bits per heavy atom. The zero-order valence-electron chi connectivity index (χ0n) is 16.6. The van der Waals surface area contributed by atoms with Gasteiger partial charge in [-0.3, -0.25) is 0 Å². The number of ether oxygens (including phenoxy) is 1. The molecule has 0 spiro atoms. The molecule has 0 radical (unpaired) electrons. The van der Waals surface area contributed by atoms with Crippen molar-refractivity contribution in [1.82, 2.24) is 4.98 Å². The van der Waals surface area contributed by atoms with Crippen LogP contribution in [0.15, 0.2) is 60.7 Å². The summed E-state index contributed by atoms with van der Waals surface area (Å²) in [4.78, 5) is 7.33. The molecule has 5 heteroatoms. The van der Waals surface area contributed by atoms with Crippen LogP contribution in [0.3, 0.4) is 0 Å². The molecule has 1 aliphatic heterocycles. The first-order valence-corrected chi connectivity index (χ1v) is 10.2. The highest BCUT2D eigenvalue weighted by molar-refractivity contribution is 6.07. The molecule has 5 nitrogen and oxygen atoms in total. The van der Waals surface area contributed by atoms with Crippen LogP contribution in [0.1, 0.15) is 5.56 Å². The monoisotopic (exact) mass is 388 g/mol. The van der Waals surface area contributed by atoms with Crippen LogP contribution in [-0.4, -0.2) is 43.4 Å². The molecule has 2 heterocycles. The minimum atomic E-state index is 0.383. The highest BCUT2D eigenvalue weighted by atomic mass is 16.5. The van der Waals surface area contributed by atoms with Crippen molar-refractivity contribution in [2.75, 3.05) is 38.2 Å². The first-order valence-electron chi connectivity index (χ1n) is 10.2. The third kappa shape index (κ3) is 3.38. The average Bonchev–Trinajstić information content (AvgIpc) is 3.12. The van der Waals surface area contributed by atoms with Crippen molar-refractivity contribution in [3.05, 3.63) is 66.2 Å². The lowest BCUT2D eigenvalue weighted by Gasteiger charge is -2.33. The number of quaternary nitrogens is 1. The lowest BCUT2D eigenvalue weighted by Crippen LogP contribution is -3.13. The summed E-state index contributed by atoms with van der Waals surface area (Å²) in [5, 5.41) is 13.0. The molecular formula is C24H26N3O2+. The zero-order valence-corrected chi connectivity index (χ0v) is 16.6. The van der Waals surface area contributed by atoms with Crippen LogP contribution in [0.25, 0.3) is 21.8 Å². The Balaban J connectivity index is 1.31. The van der Waals surface area contributed by atoms with Gasteiger partial charge in [0.25, 0.3) is 0 Å². The maximum absolute atomic E-state index is 10.6. The molecule has 148 valence electrons. The number of H-pyrrole nitrogens is 1. The largest absolute Gasteiger partial charge is 0.507 e. The van der Waals surface area contributed by atoms with Crippen LogP contribution in [-0.2, 0) is 6.54 Å². The van der Waals surface area contributed by atoms with E-state index >= 15 is 0 Å². The Morgan fingerprint density at radius 3 is 2.48 bits per heavy atom. The summed E-state index contributed by atoms with van der Waals surface area (Å²) in [5.74, 6) is 1.27. The second kappa shape index (κ2) is 7.33. The molecule has 29 heavy (non-hydrogen) atoms. The number of fused-ring (bicyclic) bond motifs is 3. The Bertz CT molecular complexity index is 1140. The maximum atomic E-state index is 10.6. The van der Waals surface area contributed by atoms with Gasteiger partial charge < -0.3 is 24.6 Å². The number of benzene rings is 3. The fraction of sp³-hybridized carbons (Fsp3) is 0.250. The number of hydrogen-bond acceptors (Lipinski definition) is 3. The number of rotatable bonds is 4. The van der Waals surface area contributed by atoms with Gasteiger partial charge in [0.1, 0.15) is 18.0 Å². The Labute approximate surface area is 170 Å². The van der Waals surface area contributed by atoms with Crippen molar-refractivity contribution in [3.63, 3.8) is 0 Å². The number of phenolic OH excluding ortho intramolecular Hbond substituents is 1. The SMILES string of the molecule is COc1ccc(N2CC[NH+](Cc3cc4c(cc3O)[nH]c3ccccc34)CC2)cc1. The predicted molar refractivity (Wildman–Crippen MR) is 117 cm³/mol. The third-order valence-electron chi connectivity index (χ3n) is 6.05.